The van der Waals surface area contributed by atoms with E-state index >= 15 is 0 Å². The Morgan fingerprint density at radius 1 is 0.947 bits per heavy atom. The number of benzene rings is 3. The molecule has 0 bridgehead atoms. The van der Waals surface area contributed by atoms with E-state index in [1.807, 2.05) is 13.8 Å². The van der Waals surface area contributed by atoms with Crippen LogP contribution < -0.4 is 9.47 Å². The quantitative estimate of drug-likeness (QED) is 0.223. The van der Waals surface area contributed by atoms with Gasteiger partial charge in [-0.2, -0.15) is 0 Å². The highest BCUT2D eigenvalue weighted by Crippen LogP contribution is 2.40. The van der Waals surface area contributed by atoms with E-state index in [4.69, 9.17) is 14.2 Å². The summed E-state index contributed by atoms with van der Waals surface area (Å²) in [5.41, 5.74) is 1.85. The van der Waals surface area contributed by atoms with Crippen LogP contribution in [0.2, 0.25) is 0 Å². The lowest BCUT2D eigenvalue weighted by molar-refractivity contribution is -0.140. The molecule has 1 saturated heterocycles. The molecule has 1 fully saturated rings. The molecule has 1 aliphatic rings. The van der Waals surface area contributed by atoms with E-state index in [1.54, 1.807) is 60.7 Å². The number of Topliss-reactive ketones (excluding diaryl/α,β-unsaturated/α-hetero) is 1. The third-order valence-electron chi connectivity index (χ3n) is 6.09. The summed E-state index contributed by atoms with van der Waals surface area (Å²) < 4.78 is 29.8. The highest BCUT2D eigenvalue weighted by atomic mass is 19.1. The number of halogens is 1. The van der Waals surface area contributed by atoms with E-state index < -0.39 is 17.7 Å². The zero-order valence-corrected chi connectivity index (χ0v) is 21.5. The number of nitrogens with zero attached hydrogens (tertiary/aromatic N) is 1. The average Bonchev–Trinajstić information content (AvgIpc) is 3.16. The third-order valence-corrected chi connectivity index (χ3v) is 6.09. The first-order valence-corrected chi connectivity index (χ1v) is 12.3. The lowest BCUT2D eigenvalue weighted by Crippen LogP contribution is -2.32. The minimum atomic E-state index is -0.803. The van der Waals surface area contributed by atoms with Crippen LogP contribution in [0.25, 0.3) is 5.76 Å². The van der Waals surface area contributed by atoms with Crippen molar-refractivity contribution in [1.29, 1.82) is 0 Å². The molecule has 3 aromatic rings. The maximum absolute atomic E-state index is 13.1. The van der Waals surface area contributed by atoms with Gasteiger partial charge in [0, 0.05) is 19.2 Å². The van der Waals surface area contributed by atoms with Gasteiger partial charge in [0.05, 0.1) is 24.3 Å². The molecule has 3 aromatic carbocycles. The molecule has 1 unspecified atom stereocenters. The molecule has 0 aliphatic carbocycles. The molecule has 0 aromatic heterocycles. The number of aliphatic hydroxyl groups excluding tert-OH is 1. The zero-order valence-electron chi connectivity index (χ0n) is 21.5. The Morgan fingerprint density at radius 3 is 2.18 bits per heavy atom. The highest BCUT2D eigenvalue weighted by Gasteiger charge is 2.45. The number of carbonyl (C=O) groups is 2. The number of hydrogen-bond acceptors (Lipinski definition) is 6. The second-order valence-electron chi connectivity index (χ2n) is 9.16. The van der Waals surface area contributed by atoms with Gasteiger partial charge in [0.1, 0.15) is 29.7 Å². The van der Waals surface area contributed by atoms with E-state index in [9.17, 15) is 19.1 Å². The van der Waals surface area contributed by atoms with E-state index in [0.29, 0.717) is 22.6 Å². The Balaban J connectivity index is 1.64. The van der Waals surface area contributed by atoms with Gasteiger partial charge in [0.2, 0.25) is 0 Å². The lowest BCUT2D eigenvalue weighted by atomic mass is 9.95. The first-order valence-electron chi connectivity index (χ1n) is 12.3. The van der Waals surface area contributed by atoms with Crippen LogP contribution in [0, 0.1) is 5.82 Å². The summed E-state index contributed by atoms with van der Waals surface area (Å²) in [5.74, 6) is -0.852. The topological polar surface area (TPSA) is 85.3 Å². The molecule has 1 amide bonds. The van der Waals surface area contributed by atoms with Crippen molar-refractivity contribution in [1.82, 2.24) is 4.90 Å². The van der Waals surface area contributed by atoms with Crippen LogP contribution in [-0.4, -0.2) is 48.1 Å². The number of ether oxygens (including phenoxy) is 3. The molecule has 8 heteroatoms. The second kappa shape index (κ2) is 11.9. The van der Waals surface area contributed by atoms with Crippen LogP contribution in [0.4, 0.5) is 4.39 Å². The predicted octanol–water partition coefficient (Wildman–Crippen LogP) is 5.26. The van der Waals surface area contributed by atoms with Crippen molar-refractivity contribution in [3.05, 3.63) is 101 Å². The van der Waals surface area contributed by atoms with Crippen molar-refractivity contribution in [2.45, 2.75) is 32.6 Å². The first kappa shape index (κ1) is 26.9. The van der Waals surface area contributed by atoms with E-state index in [0.717, 1.165) is 5.56 Å². The molecular weight excluding hydrogens is 489 g/mol. The standard InChI is InChI=1S/C30H30FNO6/c1-19(2)38-25-14-8-22(9-15-25)28(33)26-27(32(16-17-36-3)30(35)29(26)34)21-6-12-24(13-7-21)37-18-20-4-10-23(31)11-5-20/h4-15,19,27,33H,16-18H2,1-3H3/b28-26-. The molecule has 1 aliphatic heterocycles. The minimum Gasteiger partial charge on any atom is -0.507 e. The van der Waals surface area contributed by atoms with Crippen molar-refractivity contribution in [3.63, 3.8) is 0 Å². The normalized spacial score (nSPS) is 16.8. The van der Waals surface area contributed by atoms with Gasteiger partial charge in [-0.1, -0.05) is 24.3 Å². The molecule has 198 valence electrons. The zero-order chi connectivity index (χ0) is 27.2. The number of ketones is 1. The van der Waals surface area contributed by atoms with Crippen molar-refractivity contribution >= 4 is 17.4 Å². The van der Waals surface area contributed by atoms with Crippen molar-refractivity contribution in [2.75, 3.05) is 20.3 Å². The number of carbonyl (C=O) groups excluding carboxylic acids is 2. The van der Waals surface area contributed by atoms with Gasteiger partial charge in [-0.05, 0) is 73.5 Å². The molecule has 0 radical (unpaired) electrons. The van der Waals surface area contributed by atoms with E-state index in [-0.39, 0.29) is 43.0 Å². The van der Waals surface area contributed by atoms with Crippen LogP contribution >= 0.6 is 0 Å². The van der Waals surface area contributed by atoms with Gasteiger partial charge < -0.3 is 24.2 Å². The first-order chi connectivity index (χ1) is 18.3. The SMILES string of the molecule is COCCN1C(=O)C(=O)/C(=C(\O)c2ccc(OC(C)C)cc2)C1c1ccc(OCc2ccc(F)cc2)cc1. The summed E-state index contributed by atoms with van der Waals surface area (Å²) in [5, 5.41) is 11.2. The van der Waals surface area contributed by atoms with Crippen LogP contribution in [-0.2, 0) is 20.9 Å². The molecule has 1 heterocycles. The highest BCUT2D eigenvalue weighted by molar-refractivity contribution is 6.46. The molecule has 0 spiro atoms. The number of hydrogen-bond donors (Lipinski definition) is 1. The molecule has 38 heavy (non-hydrogen) atoms. The van der Waals surface area contributed by atoms with Gasteiger partial charge >= 0.3 is 0 Å². The lowest BCUT2D eigenvalue weighted by Gasteiger charge is -2.25. The third kappa shape index (κ3) is 6.03. The van der Waals surface area contributed by atoms with Gasteiger partial charge in [-0.15, -0.1) is 0 Å². The Labute approximate surface area is 221 Å². The summed E-state index contributed by atoms with van der Waals surface area (Å²) in [6, 6.07) is 18.9. The Kier molecular flexibility index (Phi) is 8.43. The smallest absolute Gasteiger partial charge is 0.295 e. The summed E-state index contributed by atoms with van der Waals surface area (Å²) in [6.07, 6.45) is -0.0109. The summed E-state index contributed by atoms with van der Waals surface area (Å²) in [7, 11) is 1.51. The molecule has 7 nitrogen and oxygen atoms in total. The Bertz CT molecular complexity index is 1300. The predicted molar refractivity (Wildman–Crippen MR) is 140 cm³/mol. The van der Waals surface area contributed by atoms with Crippen LogP contribution in [0.5, 0.6) is 11.5 Å². The summed E-state index contributed by atoms with van der Waals surface area (Å²) in [4.78, 5) is 27.5. The fourth-order valence-electron chi connectivity index (χ4n) is 4.26. The van der Waals surface area contributed by atoms with Crippen molar-refractivity contribution in [3.8, 4) is 11.5 Å². The Hall–Kier alpha value is -4.17. The van der Waals surface area contributed by atoms with Crippen LogP contribution in [0.15, 0.2) is 78.4 Å². The molecule has 1 atom stereocenters. The maximum Gasteiger partial charge on any atom is 0.295 e. The fourth-order valence-corrected chi connectivity index (χ4v) is 4.26. The number of methoxy groups -OCH3 is 1. The number of aliphatic hydroxyl groups is 1. The van der Waals surface area contributed by atoms with Crippen molar-refractivity contribution in [2.24, 2.45) is 0 Å². The van der Waals surface area contributed by atoms with E-state index in [1.165, 1.54) is 24.1 Å². The van der Waals surface area contributed by atoms with Gasteiger partial charge in [0.15, 0.2) is 0 Å². The molecule has 0 saturated carbocycles. The average molecular weight is 520 g/mol. The summed E-state index contributed by atoms with van der Waals surface area (Å²) >= 11 is 0. The second-order valence-corrected chi connectivity index (χ2v) is 9.16. The minimum absolute atomic E-state index is 0.00334. The number of amides is 1. The summed E-state index contributed by atoms with van der Waals surface area (Å²) in [6.45, 7) is 4.47. The molecule has 1 N–H and O–H groups in total. The largest absolute Gasteiger partial charge is 0.507 e. The van der Waals surface area contributed by atoms with Gasteiger partial charge in [-0.25, -0.2) is 4.39 Å². The molecular formula is C30H30FNO6. The fraction of sp³-hybridized carbons (Fsp3) is 0.267. The van der Waals surface area contributed by atoms with E-state index in [2.05, 4.69) is 0 Å². The van der Waals surface area contributed by atoms with Gasteiger partial charge in [0.25, 0.3) is 11.7 Å². The number of likely N-dealkylation sites (tertiary alicyclic amines) is 1. The molecule has 4 rings (SSSR count). The maximum atomic E-state index is 13.1. The van der Waals surface area contributed by atoms with Crippen LogP contribution in [0.1, 0.15) is 36.6 Å². The number of rotatable bonds is 10. The Morgan fingerprint density at radius 2 is 1.58 bits per heavy atom. The van der Waals surface area contributed by atoms with Crippen LogP contribution in [0.3, 0.4) is 0 Å². The van der Waals surface area contributed by atoms with Gasteiger partial charge in [-0.3, -0.25) is 9.59 Å². The monoisotopic (exact) mass is 519 g/mol. The van der Waals surface area contributed by atoms with Crippen molar-refractivity contribution < 1.29 is 33.3 Å².